The van der Waals surface area contributed by atoms with Crippen LogP contribution in [0.3, 0.4) is 0 Å². The number of rotatable bonds is 8. The topological polar surface area (TPSA) is 110 Å². The summed E-state index contributed by atoms with van der Waals surface area (Å²) in [5.74, 6) is -1.07. The number of nitrogens with two attached hydrogens (primary N) is 1. The van der Waals surface area contributed by atoms with E-state index in [1.165, 1.54) is 0 Å². The van der Waals surface area contributed by atoms with Crippen molar-refractivity contribution in [1.82, 2.24) is 9.88 Å². The third-order valence-electron chi connectivity index (χ3n) is 5.44. The lowest BCUT2D eigenvalue weighted by Gasteiger charge is -2.29. The van der Waals surface area contributed by atoms with Crippen LogP contribution in [0.15, 0.2) is 11.6 Å². The maximum atomic E-state index is 12.7. The second kappa shape index (κ2) is 9.27. The molecule has 1 fully saturated rings. The summed E-state index contributed by atoms with van der Waals surface area (Å²) in [6.07, 6.45) is 4.27. The number of nitrogens with one attached hydrogen (secondary N) is 1. The summed E-state index contributed by atoms with van der Waals surface area (Å²) in [7, 11) is 0. The molecule has 2 heterocycles. The lowest BCUT2D eigenvalue weighted by atomic mass is 9.89. The van der Waals surface area contributed by atoms with E-state index in [0.29, 0.717) is 6.42 Å². The average molecular weight is 401 g/mol. The zero-order valence-corrected chi connectivity index (χ0v) is 18.0. The molecule has 1 saturated heterocycles. The van der Waals surface area contributed by atoms with Gasteiger partial charge < -0.3 is 20.4 Å². The normalized spacial score (nSPS) is 19.1. The second-order valence-electron chi connectivity index (χ2n) is 8.49. The molecule has 2 rings (SSSR count). The van der Waals surface area contributed by atoms with Crippen LogP contribution >= 0.6 is 0 Å². The number of primary amides is 1. The molecule has 1 aliphatic rings. The maximum absolute atomic E-state index is 12.7. The van der Waals surface area contributed by atoms with E-state index in [9.17, 15) is 14.9 Å². The number of amides is 2. The highest BCUT2D eigenvalue weighted by Gasteiger charge is 2.34. The SMILES string of the molecule is Cc1cc(/C=C(\C#N)C(=O)NC(C)(CC(C)C)C(N)=O)c(C)n1CC1CCCO1. The number of nitrogens with zero attached hydrogens (tertiary/aromatic N) is 2. The molecular formula is C22H32N4O3. The van der Waals surface area contributed by atoms with Gasteiger partial charge in [-0.05, 0) is 63.7 Å². The molecule has 2 atom stereocenters. The van der Waals surface area contributed by atoms with Gasteiger partial charge in [0.25, 0.3) is 5.91 Å². The lowest BCUT2D eigenvalue weighted by molar-refractivity contribution is -0.129. The van der Waals surface area contributed by atoms with E-state index in [4.69, 9.17) is 10.5 Å². The van der Waals surface area contributed by atoms with E-state index in [2.05, 4.69) is 9.88 Å². The Morgan fingerprint density at radius 1 is 1.48 bits per heavy atom. The van der Waals surface area contributed by atoms with E-state index < -0.39 is 17.4 Å². The van der Waals surface area contributed by atoms with Gasteiger partial charge in [-0.3, -0.25) is 9.59 Å². The van der Waals surface area contributed by atoms with Crippen LogP contribution in [0.4, 0.5) is 0 Å². The van der Waals surface area contributed by atoms with Crippen molar-refractivity contribution in [3.8, 4) is 6.07 Å². The Hall–Kier alpha value is -2.59. The van der Waals surface area contributed by atoms with Gasteiger partial charge in [-0.25, -0.2) is 0 Å². The van der Waals surface area contributed by atoms with E-state index in [1.54, 1.807) is 13.0 Å². The molecule has 7 heteroatoms. The number of aryl methyl sites for hydroxylation is 1. The van der Waals surface area contributed by atoms with E-state index in [0.717, 1.165) is 42.9 Å². The number of carbonyl (C=O) groups excluding carboxylic acids is 2. The molecule has 1 aromatic rings. The molecule has 0 saturated carbocycles. The molecule has 2 amide bonds. The van der Waals surface area contributed by atoms with Crippen molar-refractivity contribution >= 4 is 17.9 Å². The highest BCUT2D eigenvalue weighted by molar-refractivity contribution is 6.04. The Morgan fingerprint density at radius 2 is 2.17 bits per heavy atom. The van der Waals surface area contributed by atoms with Crippen LogP contribution < -0.4 is 11.1 Å². The van der Waals surface area contributed by atoms with Crippen molar-refractivity contribution < 1.29 is 14.3 Å². The van der Waals surface area contributed by atoms with Crippen LogP contribution in [0.1, 0.15) is 57.0 Å². The molecule has 0 aliphatic carbocycles. The van der Waals surface area contributed by atoms with Crippen molar-refractivity contribution in [3.63, 3.8) is 0 Å². The van der Waals surface area contributed by atoms with Crippen LogP contribution in [0.25, 0.3) is 6.08 Å². The monoisotopic (exact) mass is 400 g/mol. The first-order chi connectivity index (χ1) is 13.6. The van der Waals surface area contributed by atoms with Gasteiger partial charge in [0.15, 0.2) is 0 Å². The molecule has 0 radical (unpaired) electrons. The predicted molar refractivity (Wildman–Crippen MR) is 112 cm³/mol. The fourth-order valence-corrected chi connectivity index (χ4v) is 3.90. The quantitative estimate of drug-likeness (QED) is 0.516. The maximum Gasteiger partial charge on any atom is 0.262 e. The molecule has 0 spiro atoms. The summed E-state index contributed by atoms with van der Waals surface area (Å²) in [5, 5.41) is 12.2. The summed E-state index contributed by atoms with van der Waals surface area (Å²) in [4.78, 5) is 24.6. The van der Waals surface area contributed by atoms with Gasteiger partial charge in [-0.1, -0.05) is 13.8 Å². The Morgan fingerprint density at radius 3 is 2.69 bits per heavy atom. The Kier molecular flexibility index (Phi) is 7.26. The molecular weight excluding hydrogens is 368 g/mol. The standard InChI is InChI=1S/C22H32N4O3/c1-14(2)11-22(5,21(24)28)25-20(27)18(12-23)10-17-9-15(3)26(16(17)4)13-19-7-6-8-29-19/h9-10,14,19H,6-8,11,13H2,1-5H3,(H2,24,28)(H,25,27)/b18-10+. The summed E-state index contributed by atoms with van der Waals surface area (Å²) in [5.41, 5.74) is 7.07. The highest BCUT2D eigenvalue weighted by atomic mass is 16.5. The Bertz CT molecular complexity index is 841. The third kappa shape index (κ3) is 5.48. The molecule has 0 aromatic carbocycles. The minimum absolute atomic E-state index is 0.0569. The van der Waals surface area contributed by atoms with Gasteiger partial charge in [0.2, 0.25) is 5.91 Å². The Balaban J connectivity index is 2.25. The number of hydrogen-bond donors (Lipinski definition) is 2. The first kappa shape index (κ1) is 22.7. The smallest absolute Gasteiger partial charge is 0.262 e. The van der Waals surface area contributed by atoms with Gasteiger partial charge in [0.05, 0.1) is 6.10 Å². The first-order valence-electron chi connectivity index (χ1n) is 10.1. The number of aromatic nitrogens is 1. The number of carbonyl (C=O) groups is 2. The van der Waals surface area contributed by atoms with Crippen LogP contribution in [0.2, 0.25) is 0 Å². The molecule has 29 heavy (non-hydrogen) atoms. The second-order valence-corrected chi connectivity index (χ2v) is 8.49. The molecule has 7 nitrogen and oxygen atoms in total. The largest absolute Gasteiger partial charge is 0.376 e. The van der Waals surface area contributed by atoms with Crippen LogP contribution in [-0.2, 0) is 20.9 Å². The average Bonchev–Trinajstić information content (AvgIpc) is 3.22. The first-order valence-corrected chi connectivity index (χ1v) is 10.1. The van der Waals surface area contributed by atoms with Crippen molar-refractivity contribution in [2.24, 2.45) is 11.7 Å². The molecule has 158 valence electrons. The van der Waals surface area contributed by atoms with Crippen molar-refractivity contribution in [2.75, 3.05) is 6.61 Å². The number of nitriles is 1. The minimum atomic E-state index is -1.21. The van der Waals surface area contributed by atoms with Crippen molar-refractivity contribution in [1.29, 1.82) is 5.26 Å². The summed E-state index contributed by atoms with van der Waals surface area (Å²) >= 11 is 0. The van der Waals surface area contributed by atoms with Crippen LogP contribution in [0, 0.1) is 31.1 Å². The van der Waals surface area contributed by atoms with Gasteiger partial charge in [-0.2, -0.15) is 5.26 Å². The van der Waals surface area contributed by atoms with Crippen molar-refractivity contribution in [2.45, 2.75) is 72.1 Å². The fourth-order valence-electron chi connectivity index (χ4n) is 3.90. The highest BCUT2D eigenvalue weighted by Crippen LogP contribution is 2.23. The van der Waals surface area contributed by atoms with Crippen LogP contribution in [-0.4, -0.2) is 34.6 Å². The molecule has 0 bridgehead atoms. The lowest BCUT2D eigenvalue weighted by Crippen LogP contribution is -2.56. The van der Waals surface area contributed by atoms with E-state index >= 15 is 0 Å². The summed E-state index contributed by atoms with van der Waals surface area (Å²) in [6, 6.07) is 3.91. The van der Waals surface area contributed by atoms with Gasteiger partial charge in [0.1, 0.15) is 17.2 Å². The third-order valence-corrected chi connectivity index (χ3v) is 5.44. The minimum Gasteiger partial charge on any atom is -0.376 e. The van der Waals surface area contributed by atoms with Crippen LogP contribution in [0.5, 0.6) is 0 Å². The molecule has 1 aliphatic heterocycles. The summed E-state index contributed by atoms with van der Waals surface area (Å²) < 4.78 is 7.88. The van der Waals surface area contributed by atoms with E-state index in [1.807, 2.05) is 39.8 Å². The number of ether oxygens (including phenoxy) is 1. The van der Waals surface area contributed by atoms with Gasteiger partial charge in [0, 0.05) is 24.5 Å². The molecule has 3 N–H and O–H groups in total. The van der Waals surface area contributed by atoms with E-state index in [-0.39, 0.29) is 17.6 Å². The zero-order valence-electron chi connectivity index (χ0n) is 18.0. The fraction of sp³-hybridized carbons (Fsp3) is 0.591. The van der Waals surface area contributed by atoms with Crippen molar-refractivity contribution in [3.05, 3.63) is 28.6 Å². The van der Waals surface area contributed by atoms with Gasteiger partial charge in [-0.15, -0.1) is 0 Å². The zero-order chi connectivity index (χ0) is 21.8. The van der Waals surface area contributed by atoms with Gasteiger partial charge >= 0.3 is 0 Å². The Labute approximate surface area is 172 Å². The molecule has 2 unspecified atom stereocenters. The predicted octanol–water partition coefficient (Wildman–Crippen LogP) is 2.60. The summed E-state index contributed by atoms with van der Waals surface area (Å²) in [6.45, 7) is 11.0. The molecule has 1 aromatic heterocycles. The number of hydrogen-bond acceptors (Lipinski definition) is 4.